The molecule has 0 atom stereocenters. The molecule has 6 heteroatoms. The minimum absolute atomic E-state index is 0.689. The van der Waals surface area contributed by atoms with E-state index in [1.54, 1.807) is 0 Å². The van der Waals surface area contributed by atoms with Crippen molar-refractivity contribution in [1.29, 1.82) is 0 Å². The fourth-order valence-electron chi connectivity index (χ4n) is 3.19. The van der Waals surface area contributed by atoms with Gasteiger partial charge in [0, 0.05) is 49.6 Å². The van der Waals surface area contributed by atoms with Crippen LogP contribution in [0.25, 0.3) is 11.0 Å². The molecule has 1 aliphatic rings. The van der Waals surface area contributed by atoms with Crippen molar-refractivity contribution in [2.75, 3.05) is 31.1 Å². The fourth-order valence-corrected chi connectivity index (χ4v) is 3.35. The molecule has 0 aliphatic carbocycles. The standard InChI is InChI=1S/C19H20ClN5/c1-14-15(3-2-6-21-14)13-24-7-9-25(10-8-24)19-12-22-18-11-16(20)4-5-17(18)23-19/h2-6,11-12H,7-10,13H2,1H3. The first kappa shape index (κ1) is 16.2. The number of pyridine rings is 1. The SMILES string of the molecule is Cc1ncccc1CN1CCN(c2cnc3cc(Cl)ccc3n2)CC1. The Morgan fingerprint density at radius 1 is 1.04 bits per heavy atom. The summed E-state index contributed by atoms with van der Waals surface area (Å²) < 4.78 is 0. The van der Waals surface area contributed by atoms with Gasteiger partial charge in [-0.1, -0.05) is 17.7 Å². The van der Waals surface area contributed by atoms with Gasteiger partial charge in [-0.05, 0) is 36.8 Å². The molecule has 0 N–H and O–H groups in total. The predicted octanol–water partition coefficient (Wildman–Crippen LogP) is 3.31. The van der Waals surface area contributed by atoms with Gasteiger partial charge in [0.25, 0.3) is 0 Å². The molecule has 1 aromatic carbocycles. The second-order valence-electron chi connectivity index (χ2n) is 6.37. The number of anilines is 1. The average molecular weight is 354 g/mol. The molecule has 128 valence electrons. The zero-order valence-electron chi connectivity index (χ0n) is 14.2. The molecule has 0 saturated carbocycles. The number of fused-ring (bicyclic) bond motifs is 1. The highest BCUT2D eigenvalue weighted by Crippen LogP contribution is 2.20. The van der Waals surface area contributed by atoms with Gasteiger partial charge in [0.15, 0.2) is 0 Å². The van der Waals surface area contributed by atoms with Crippen molar-refractivity contribution >= 4 is 28.5 Å². The van der Waals surface area contributed by atoms with E-state index in [1.165, 1.54) is 5.56 Å². The summed E-state index contributed by atoms with van der Waals surface area (Å²) in [6.45, 7) is 6.95. The van der Waals surface area contributed by atoms with Crippen LogP contribution in [0.15, 0.2) is 42.7 Å². The van der Waals surface area contributed by atoms with Crippen LogP contribution in [0.4, 0.5) is 5.82 Å². The Balaban J connectivity index is 1.43. The number of rotatable bonds is 3. The minimum atomic E-state index is 0.689. The third kappa shape index (κ3) is 3.57. The molecule has 4 rings (SSSR count). The Morgan fingerprint density at radius 3 is 2.68 bits per heavy atom. The highest BCUT2D eigenvalue weighted by Gasteiger charge is 2.19. The molecular formula is C19H20ClN5. The van der Waals surface area contributed by atoms with Crippen molar-refractivity contribution in [1.82, 2.24) is 19.9 Å². The molecule has 1 saturated heterocycles. The summed E-state index contributed by atoms with van der Waals surface area (Å²) in [5, 5.41) is 0.689. The van der Waals surface area contributed by atoms with Crippen molar-refractivity contribution in [3.05, 3.63) is 59.0 Å². The van der Waals surface area contributed by atoms with E-state index in [0.29, 0.717) is 5.02 Å². The zero-order valence-corrected chi connectivity index (χ0v) is 14.9. The Labute approximate surface area is 152 Å². The van der Waals surface area contributed by atoms with E-state index in [2.05, 4.69) is 32.8 Å². The first-order valence-electron chi connectivity index (χ1n) is 8.49. The van der Waals surface area contributed by atoms with Gasteiger partial charge in [-0.25, -0.2) is 4.98 Å². The molecule has 5 nitrogen and oxygen atoms in total. The Bertz CT molecular complexity index is 890. The van der Waals surface area contributed by atoms with Crippen LogP contribution in [0, 0.1) is 6.92 Å². The lowest BCUT2D eigenvalue weighted by Crippen LogP contribution is -2.46. The van der Waals surface area contributed by atoms with Gasteiger partial charge in [0.1, 0.15) is 5.82 Å². The van der Waals surface area contributed by atoms with Crippen LogP contribution in [0.3, 0.4) is 0 Å². The summed E-state index contributed by atoms with van der Waals surface area (Å²) in [5.41, 5.74) is 4.14. The monoisotopic (exact) mass is 353 g/mol. The Morgan fingerprint density at radius 2 is 1.88 bits per heavy atom. The van der Waals surface area contributed by atoms with Crippen molar-refractivity contribution in [3.63, 3.8) is 0 Å². The molecule has 0 amide bonds. The zero-order chi connectivity index (χ0) is 17.2. The maximum absolute atomic E-state index is 6.01. The molecule has 0 spiro atoms. The lowest BCUT2D eigenvalue weighted by Gasteiger charge is -2.35. The number of hydrogen-bond acceptors (Lipinski definition) is 5. The van der Waals surface area contributed by atoms with Crippen LogP contribution in [-0.4, -0.2) is 46.0 Å². The summed E-state index contributed by atoms with van der Waals surface area (Å²) in [5.74, 6) is 0.937. The second kappa shape index (κ2) is 6.94. The fraction of sp³-hybridized carbons (Fsp3) is 0.316. The largest absolute Gasteiger partial charge is 0.353 e. The first-order chi connectivity index (χ1) is 12.2. The van der Waals surface area contributed by atoms with E-state index in [1.807, 2.05) is 36.7 Å². The van der Waals surface area contributed by atoms with Crippen LogP contribution in [0.2, 0.25) is 5.02 Å². The number of benzene rings is 1. The summed E-state index contributed by atoms with van der Waals surface area (Å²) in [6.07, 6.45) is 3.70. The van der Waals surface area contributed by atoms with Crippen molar-refractivity contribution in [3.8, 4) is 0 Å². The van der Waals surface area contributed by atoms with Crippen molar-refractivity contribution in [2.45, 2.75) is 13.5 Å². The number of hydrogen-bond donors (Lipinski definition) is 0. The third-order valence-electron chi connectivity index (χ3n) is 4.70. The summed E-state index contributed by atoms with van der Waals surface area (Å²) in [6, 6.07) is 9.80. The highest BCUT2D eigenvalue weighted by atomic mass is 35.5. The maximum atomic E-state index is 6.01. The van der Waals surface area contributed by atoms with Crippen LogP contribution in [0.1, 0.15) is 11.3 Å². The number of nitrogens with zero attached hydrogens (tertiary/aromatic N) is 5. The van der Waals surface area contributed by atoms with Crippen LogP contribution >= 0.6 is 11.6 Å². The highest BCUT2D eigenvalue weighted by molar-refractivity contribution is 6.31. The molecule has 1 aliphatic heterocycles. The average Bonchev–Trinajstić information content (AvgIpc) is 2.64. The summed E-state index contributed by atoms with van der Waals surface area (Å²) >= 11 is 6.01. The number of aromatic nitrogens is 3. The number of aryl methyl sites for hydroxylation is 1. The van der Waals surface area contributed by atoms with E-state index >= 15 is 0 Å². The normalized spacial score (nSPS) is 15.7. The molecule has 25 heavy (non-hydrogen) atoms. The summed E-state index contributed by atoms with van der Waals surface area (Å²) in [4.78, 5) is 18.4. The molecule has 0 bridgehead atoms. The Hall–Kier alpha value is -2.24. The second-order valence-corrected chi connectivity index (χ2v) is 6.81. The maximum Gasteiger partial charge on any atom is 0.147 e. The lowest BCUT2D eigenvalue weighted by molar-refractivity contribution is 0.248. The van der Waals surface area contributed by atoms with E-state index in [0.717, 1.165) is 55.3 Å². The van der Waals surface area contributed by atoms with E-state index < -0.39 is 0 Å². The first-order valence-corrected chi connectivity index (χ1v) is 8.87. The Kier molecular flexibility index (Phi) is 4.51. The molecule has 3 heterocycles. The van der Waals surface area contributed by atoms with Gasteiger partial charge < -0.3 is 4.90 Å². The van der Waals surface area contributed by atoms with Crippen molar-refractivity contribution in [2.24, 2.45) is 0 Å². The van der Waals surface area contributed by atoms with Gasteiger partial charge in [0.05, 0.1) is 17.2 Å². The number of halogens is 1. The molecule has 2 aromatic heterocycles. The molecular weight excluding hydrogens is 334 g/mol. The molecule has 1 fully saturated rings. The van der Waals surface area contributed by atoms with Crippen LogP contribution < -0.4 is 4.90 Å². The minimum Gasteiger partial charge on any atom is -0.353 e. The van der Waals surface area contributed by atoms with Gasteiger partial charge in [-0.2, -0.15) is 0 Å². The molecule has 3 aromatic rings. The topological polar surface area (TPSA) is 45.2 Å². The van der Waals surface area contributed by atoms with Gasteiger partial charge in [-0.3, -0.25) is 14.9 Å². The number of piperazine rings is 1. The third-order valence-corrected chi connectivity index (χ3v) is 4.93. The van der Waals surface area contributed by atoms with E-state index in [-0.39, 0.29) is 0 Å². The lowest BCUT2D eigenvalue weighted by atomic mass is 10.2. The van der Waals surface area contributed by atoms with Crippen LogP contribution in [0.5, 0.6) is 0 Å². The quantitative estimate of drug-likeness (QED) is 0.722. The van der Waals surface area contributed by atoms with Gasteiger partial charge in [-0.15, -0.1) is 0 Å². The van der Waals surface area contributed by atoms with Gasteiger partial charge in [0.2, 0.25) is 0 Å². The molecule has 0 radical (unpaired) electrons. The summed E-state index contributed by atoms with van der Waals surface area (Å²) in [7, 11) is 0. The smallest absolute Gasteiger partial charge is 0.147 e. The van der Waals surface area contributed by atoms with E-state index in [9.17, 15) is 0 Å². The van der Waals surface area contributed by atoms with Crippen LogP contribution in [-0.2, 0) is 6.54 Å². The molecule has 0 unspecified atom stereocenters. The van der Waals surface area contributed by atoms with E-state index in [4.69, 9.17) is 16.6 Å². The van der Waals surface area contributed by atoms with Crippen molar-refractivity contribution < 1.29 is 0 Å². The predicted molar refractivity (Wildman–Crippen MR) is 101 cm³/mol. The van der Waals surface area contributed by atoms with Gasteiger partial charge >= 0.3 is 0 Å².